The van der Waals surface area contributed by atoms with Gasteiger partial charge in [0.25, 0.3) is 0 Å². The first kappa shape index (κ1) is 17.2. The minimum absolute atomic E-state index is 0.0661. The summed E-state index contributed by atoms with van der Waals surface area (Å²) in [6.45, 7) is 1.72. The maximum Gasteiger partial charge on any atom is 0.408 e. The summed E-state index contributed by atoms with van der Waals surface area (Å²) in [5.41, 5.74) is 0.827. The zero-order chi connectivity index (χ0) is 18.1. The van der Waals surface area contributed by atoms with Gasteiger partial charge in [-0.15, -0.1) is 0 Å². The van der Waals surface area contributed by atoms with Crippen LogP contribution in [0.3, 0.4) is 0 Å². The smallest absolute Gasteiger partial charge is 0.408 e. The Hall–Kier alpha value is -2.67. The van der Waals surface area contributed by atoms with Crippen LogP contribution in [0.4, 0.5) is 9.18 Å². The Balaban J connectivity index is 1.75. The second kappa shape index (κ2) is 6.68. The molecule has 0 aliphatic carbocycles. The molecule has 132 valence electrons. The number of β-amino-alcohol motifs (C(OH)–C–C–N with tert-alkyl or cyclic N) is 1. The van der Waals surface area contributed by atoms with Crippen molar-refractivity contribution in [2.75, 3.05) is 6.54 Å². The predicted molar refractivity (Wildman–Crippen MR) is 89.6 cm³/mol. The van der Waals surface area contributed by atoms with Gasteiger partial charge in [0, 0.05) is 6.42 Å². The van der Waals surface area contributed by atoms with Crippen LogP contribution in [0.1, 0.15) is 24.9 Å². The summed E-state index contributed by atoms with van der Waals surface area (Å²) in [6.07, 6.45) is -1.98. The van der Waals surface area contributed by atoms with Crippen LogP contribution in [-0.2, 0) is 4.79 Å². The molecule has 1 aliphatic heterocycles. The van der Waals surface area contributed by atoms with Gasteiger partial charge >= 0.3 is 6.09 Å². The van der Waals surface area contributed by atoms with Crippen LogP contribution in [0, 0.1) is 5.82 Å². The number of carboxylic acid groups (broad SMARTS) is 1. The lowest BCUT2D eigenvalue weighted by Crippen LogP contribution is -2.46. The zero-order valence-corrected chi connectivity index (χ0v) is 13.6. The summed E-state index contributed by atoms with van der Waals surface area (Å²) in [5, 5.41) is 23.2. The maximum atomic E-state index is 13.2. The highest BCUT2D eigenvalue weighted by molar-refractivity contribution is 5.87. The Labute approximate surface area is 143 Å². The standard InChI is InChI=1S/C18H19FN2O4/c1-10(11-2-3-13-7-14(19)5-4-12(13)6-11)20-17(23)16-8-15(22)9-21(16)18(24)25/h2-7,10,15-16,22H,8-9H2,1H3,(H,20,23)(H,24,25)/t10-,15+,16-/m0/s1. The lowest BCUT2D eigenvalue weighted by Gasteiger charge is -2.23. The number of aliphatic hydroxyl groups is 1. The fourth-order valence-corrected chi connectivity index (χ4v) is 3.17. The molecule has 7 heteroatoms. The van der Waals surface area contributed by atoms with Gasteiger partial charge in [0.05, 0.1) is 18.7 Å². The number of nitrogens with one attached hydrogen (secondary N) is 1. The monoisotopic (exact) mass is 346 g/mol. The van der Waals surface area contributed by atoms with E-state index in [1.807, 2.05) is 6.07 Å². The van der Waals surface area contributed by atoms with Crippen molar-refractivity contribution >= 4 is 22.8 Å². The Morgan fingerprint density at radius 1 is 1.24 bits per heavy atom. The summed E-state index contributed by atoms with van der Waals surface area (Å²) < 4.78 is 13.2. The first-order chi connectivity index (χ1) is 11.8. The van der Waals surface area contributed by atoms with Crippen molar-refractivity contribution in [1.29, 1.82) is 0 Å². The Morgan fingerprint density at radius 3 is 2.64 bits per heavy atom. The molecule has 0 bridgehead atoms. The van der Waals surface area contributed by atoms with E-state index in [4.69, 9.17) is 5.11 Å². The zero-order valence-electron chi connectivity index (χ0n) is 13.6. The highest BCUT2D eigenvalue weighted by Gasteiger charge is 2.39. The molecule has 2 aromatic rings. The molecule has 0 aromatic heterocycles. The van der Waals surface area contributed by atoms with Gasteiger partial charge in [-0.2, -0.15) is 0 Å². The van der Waals surface area contributed by atoms with Crippen molar-refractivity contribution in [3.05, 3.63) is 47.8 Å². The molecule has 1 heterocycles. The molecule has 2 aromatic carbocycles. The fraction of sp³-hybridized carbons (Fsp3) is 0.333. The molecule has 3 N–H and O–H groups in total. The van der Waals surface area contributed by atoms with Crippen molar-refractivity contribution in [2.24, 2.45) is 0 Å². The minimum atomic E-state index is -1.22. The van der Waals surface area contributed by atoms with E-state index in [-0.39, 0.29) is 24.8 Å². The third kappa shape index (κ3) is 3.56. The molecule has 6 nitrogen and oxygen atoms in total. The quantitative estimate of drug-likeness (QED) is 0.795. The van der Waals surface area contributed by atoms with E-state index in [0.717, 1.165) is 21.2 Å². The number of benzene rings is 2. The molecule has 1 saturated heterocycles. The molecule has 1 aliphatic rings. The van der Waals surface area contributed by atoms with Crippen LogP contribution in [0.25, 0.3) is 10.8 Å². The molecule has 2 amide bonds. The Morgan fingerprint density at radius 2 is 1.92 bits per heavy atom. The number of hydrogen-bond donors (Lipinski definition) is 3. The number of fused-ring (bicyclic) bond motifs is 1. The first-order valence-corrected chi connectivity index (χ1v) is 8.02. The second-order valence-electron chi connectivity index (χ2n) is 6.32. The van der Waals surface area contributed by atoms with Crippen LogP contribution >= 0.6 is 0 Å². The Bertz CT molecular complexity index is 826. The predicted octanol–water partition coefficient (Wildman–Crippen LogP) is 2.27. The fourth-order valence-electron chi connectivity index (χ4n) is 3.17. The topological polar surface area (TPSA) is 89.9 Å². The second-order valence-corrected chi connectivity index (χ2v) is 6.32. The van der Waals surface area contributed by atoms with Crippen molar-refractivity contribution in [3.8, 4) is 0 Å². The average Bonchev–Trinajstić information content (AvgIpc) is 2.96. The van der Waals surface area contributed by atoms with Gasteiger partial charge in [0.2, 0.25) is 5.91 Å². The van der Waals surface area contributed by atoms with E-state index in [9.17, 15) is 19.1 Å². The van der Waals surface area contributed by atoms with Crippen LogP contribution in [0.5, 0.6) is 0 Å². The van der Waals surface area contributed by atoms with Crippen LogP contribution < -0.4 is 5.32 Å². The molecular weight excluding hydrogens is 327 g/mol. The average molecular weight is 346 g/mol. The van der Waals surface area contributed by atoms with Gasteiger partial charge in [-0.1, -0.05) is 18.2 Å². The normalized spacial score (nSPS) is 21.3. The van der Waals surface area contributed by atoms with E-state index >= 15 is 0 Å². The molecule has 0 unspecified atom stereocenters. The molecule has 0 spiro atoms. The number of aliphatic hydroxyl groups excluding tert-OH is 1. The molecule has 3 rings (SSSR count). The van der Waals surface area contributed by atoms with E-state index in [0.29, 0.717) is 0 Å². The number of carbonyl (C=O) groups is 2. The molecule has 3 atom stereocenters. The lowest BCUT2D eigenvalue weighted by atomic mass is 10.0. The summed E-state index contributed by atoms with van der Waals surface area (Å²) in [4.78, 5) is 24.6. The molecule has 0 saturated carbocycles. The number of amides is 2. The van der Waals surface area contributed by atoms with E-state index in [2.05, 4.69) is 5.32 Å². The SMILES string of the molecule is C[C@H](NC(=O)[C@@H]1C[C@@H](O)CN1C(=O)O)c1ccc2cc(F)ccc2c1. The number of nitrogens with zero attached hydrogens (tertiary/aromatic N) is 1. The summed E-state index contributed by atoms with van der Waals surface area (Å²) in [5.74, 6) is -0.749. The third-order valence-electron chi connectivity index (χ3n) is 4.51. The first-order valence-electron chi connectivity index (χ1n) is 8.02. The van der Waals surface area contributed by atoms with Crippen molar-refractivity contribution in [1.82, 2.24) is 10.2 Å². The summed E-state index contributed by atoms with van der Waals surface area (Å²) >= 11 is 0. The highest BCUT2D eigenvalue weighted by atomic mass is 19.1. The van der Waals surface area contributed by atoms with Crippen LogP contribution in [0.2, 0.25) is 0 Å². The van der Waals surface area contributed by atoms with Gasteiger partial charge in [-0.25, -0.2) is 9.18 Å². The van der Waals surface area contributed by atoms with E-state index in [1.165, 1.54) is 12.1 Å². The van der Waals surface area contributed by atoms with Gasteiger partial charge in [0.1, 0.15) is 11.9 Å². The van der Waals surface area contributed by atoms with Crippen molar-refractivity contribution in [3.63, 3.8) is 0 Å². The van der Waals surface area contributed by atoms with Crippen LogP contribution in [0.15, 0.2) is 36.4 Å². The third-order valence-corrected chi connectivity index (χ3v) is 4.51. The minimum Gasteiger partial charge on any atom is -0.465 e. The van der Waals surface area contributed by atoms with Crippen LogP contribution in [-0.4, -0.2) is 45.8 Å². The van der Waals surface area contributed by atoms with Gasteiger partial charge in [0.15, 0.2) is 0 Å². The Kier molecular flexibility index (Phi) is 4.59. The number of likely N-dealkylation sites (tertiary alicyclic amines) is 1. The van der Waals surface area contributed by atoms with Gasteiger partial charge in [-0.3, -0.25) is 9.69 Å². The number of hydrogen-bond acceptors (Lipinski definition) is 3. The number of rotatable bonds is 3. The van der Waals surface area contributed by atoms with Gasteiger partial charge < -0.3 is 15.5 Å². The summed E-state index contributed by atoms with van der Waals surface area (Å²) in [6, 6.07) is 8.66. The van der Waals surface area contributed by atoms with E-state index in [1.54, 1.807) is 25.1 Å². The van der Waals surface area contributed by atoms with Crippen molar-refractivity contribution < 1.29 is 24.2 Å². The van der Waals surface area contributed by atoms with Crippen molar-refractivity contribution in [2.45, 2.75) is 31.5 Å². The molecular formula is C18H19FN2O4. The summed E-state index contributed by atoms with van der Waals surface area (Å²) in [7, 11) is 0. The lowest BCUT2D eigenvalue weighted by molar-refractivity contribution is -0.125. The van der Waals surface area contributed by atoms with E-state index < -0.39 is 24.1 Å². The number of halogens is 1. The molecule has 1 fully saturated rings. The largest absolute Gasteiger partial charge is 0.465 e. The highest BCUT2D eigenvalue weighted by Crippen LogP contribution is 2.23. The van der Waals surface area contributed by atoms with Gasteiger partial charge in [-0.05, 0) is 41.5 Å². The molecule has 25 heavy (non-hydrogen) atoms. The maximum absolute atomic E-state index is 13.2. The molecule has 0 radical (unpaired) electrons. The number of carbonyl (C=O) groups excluding carboxylic acids is 1.